The van der Waals surface area contributed by atoms with Crippen molar-refractivity contribution in [1.29, 1.82) is 0 Å². The van der Waals surface area contributed by atoms with E-state index in [4.69, 9.17) is 4.52 Å². The van der Waals surface area contributed by atoms with E-state index in [0.29, 0.717) is 6.04 Å². The molecule has 5 rings (SSSR count). The highest BCUT2D eigenvalue weighted by molar-refractivity contribution is 5.83. The molecule has 2 aliphatic rings. The van der Waals surface area contributed by atoms with Gasteiger partial charge in [0, 0.05) is 49.7 Å². The zero-order valence-electron chi connectivity index (χ0n) is 18.4. The average molecular weight is 418 g/mol. The molecule has 1 aliphatic carbocycles. The summed E-state index contributed by atoms with van der Waals surface area (Å²) in [6.07, 6.45) is 2.28. The molecule has 0 atom stereocenters. The molecule has 2 heterocycles. The second-order valence-electron chi connectivity index (χ2n) is 9.33. The van der Waals surface area contributed by atoms with Crippen molar-refractivity contribution < 1.29 is 9.63 Å². The van der Waals surface area contributed by atoms with Crippen LogP contribution in [0, 0.1) is 0 Å². The van der Waals surface area contributed by atoms with Crippen LogP contribution in [0.5, 0.6) is 5.75 Å². The van der Waals surface area contributed by atoms with Gasteiger partial charge in [0.1, 0.15) is 11.4 Å². The number of nitrogens with zero attached hydrogens (tertiary/aromatic N) is 3. The molecule has 0 spiro atoms. The van der Waals surface area contributed by atoms with Crippen LogP contribution in [0.25, 0.3) is 22.4 Å². The number of phenolic OH excluding ortho intramolecular Hbond substituents is 1. The minimum atomic E-state index is 0.0490. The van der Waals surface area contributed by atoms with Crippen molar-refractivity contribution in [3.05, 3.63) is 60.4 Å². The Morgan fingerprint density at radius 3 is 2.23 bits per heavy atom. The maximum Gasteiger partial charge on any atom is 0.152 e. The van der Waals surface area contributed by atoms with Gasteiger partial charge < -0.3 is 9.63 Å². The van der Waals surface area contributed by atoms with Gasteiger partial charge in [0.15, 0.2) is 5.76 Å². The van der Waals surface area contributed by atoms with Crippen LogP contribution in [0.4, 0.5) is 0 Å². The highest BCUT2D eigenvalue weighted by Crippen LogP contribution is 2.53. The van der Waals surface area contributed by atoms with E-state index in [1.54, 1.807) is 12.1 Å². The first-order chi connectivity index (χ1) is 15.1. The van der Waals surface area contributed by atoms with Crippen molar-refractivity contribution in [2.45, 2.75) is 38.1 Å². The first-order valence-corrected chi connectivity index (χ1v) is 11.4. The van der Waals surface area contributed by atoms with Gasteiger partial charge in [-0.25, -0.2) is 0 Å². The van der Waals surface area contributed by atoms with Crippen LogP contribution >= 0.6 is 0 Å². The number of hydrogen-bond acceptors (Lipinski definition) is 5. The van der Waals surface area contributed by atoms with Crippen LogP contribution in [-0.2, 0) is 5.41 Å². The normalized spacial score (nSPS) is 19.1. The van der Waals surface area contributed by atoms with Gasteiger partial charge in [0.25, 0.3) is 0 Å². The standard InChI is InChI=1S/C26H31N3O2/c1-19(2)29-16-14-28(15-17-29)18-26(12-13-26)25-23(20-6-4-3-5-7-20)24(27-31-25)21-8-10-22(30)11-9-21/h3-11,19,30H,12-18H2,1-2H3. The molecule has 5 heteroatoms. The van der Waals surface area contributed by atoms with E-state index in [1.165, 1.54) is 0 Å². The third-order valence-corrected chi connectivity index (χ3v) is 6.89. The molecule has 0 radical (unpaired) electrons. The number of aromatic nitrogens is 1. The van der Waals surface area contributed by atoms with Crippen molar-refractivity contribution in [3.8, 4) is 28.1 Å². The Labute approximate surface area is 184 Å². The molecule has 0 bridgehead atoms. The zero-order chi connectivity index (χ0) is 21.4. The molecule has 1 aromatic heterocycles. The van der Waals surface area contributed by atoms with Crippen LogP contribution in [0.1, 0.15) is 32.4 Å². The SMILES string of the molecule is CC(C)N1CCN(CC2(c3onc(-c4ccc(O)cc4)c3-c3ccccc3)CC2)CC1. The van der Waals surface area contributed by atoms with Crippen molar-refractivity contribution in [2.24, 2.45) is 0 Å². The van der Waals surface area contributed by atoms with Gasteiger partial charge in [0.2, 0.25) is 0 Å². The molecule has 2 aromatic carbocycles. The lowest BCUT2D eigenvalue weighted by molar-refractivity contribution is 0.0988. The lowest BCUT2D eigenvalue weighted by Gasteiger charge is -2.38. The monoisotopic (exact) mass is 417 g/mol. The Morgan fingerprint density at radius 2 is 1.61 bits per heavy atom. The third kappa shape index (κ3) is 4.00. The second-order valence-corrected chi connectivity index (χ2v) is 9.33. The van der Waals surface area contributed by atoms with Crippen LogP contribution < -0.4 is 0 Å². The quantitative estimate of drug-likeness (QED) is 0.626. The summed E-state index contributed by atoms with van der Waals surface area (Å²) in [5.41, 5.74) is 4.11. The third-order valence-electron chi connectivity index (χ3n) is 6.89. The molecule has 3 aromatic rings. The van der Waals surface area contributed by atoms with Crippen LogP contribution in [0.2, 0.25) is 0 Å². The Balaban J connectivity index is 1.47. The highest BCUT2D eigenvalue weighted by Gasteiger charge is 2.51. The topological polar surface area (TPSA) is 52.7 Å². The summed E-state index contributed by atoms with van der Waals surface area (Å²) in [6.45, 7) is 10.1. The number of aromatic hydroxyl groups is 1. The van der Waals surface area contributed by atoms with E-state index >= 15 is 0 Å². The van der Waals surface area contributed by atoms with Gasteiger partial charge in [-0.15, -0.1) is 0 Å². The molecule has 162 valence electrons. The minimum absolute atomic E-state index is 0.0490. The summed E-state index contributed by atoms with van der Waals surface area (Å²) < 4.78 is 6.11. The van der Waals surface area contributed by atoms with Gasteiger partial charge in [-0.05, 0) is 56.5 Å². The fraction of sp³-hybridized carbons (Fsp3) is 0.423. The molecule has 1 saturated carbocycles. The fourth-order valence-electron chi connectivity index (χ4n) is 4.81. The largest absolute Gasteiger partial charge is 0.508 e. The Kier molecular flexibility index (Phi) is 5.32. The number of rotatable bonds is 6. The molecular weight excluding hydrogens is 386 g/mol. The summed E-state index contributed by atoms with van der Waals surface area (Å²) in [5, 5.41) is 14.3. The zero-order valence-corrected chi connectivity index (χ0v) is 18.4. The number of phenols is 1. The molecule has 2 fully saturated rings. The molecule has 0 unspecified atom stereocenters. The Hall–Kier alpha value is -2.63. The smallest absolute Gasteiger partial charge is 0.152 e. The lowest BCUT2D eigenvalue weighted by Crippen LogP contribution is -2.50. The van der Waals surface area contributed by atoms with Gasteiger partial charge in [0.05, 0.1) is 5.56 Å². The average Bonchev–Trinajstić information content (AvgIpc) is 3.42. The Morgan fingerprint density at radius 1 is 0.935 bits per heavy atom. The predicted molar refractivity (Wildman–Crippen MR) is 123 cm³/mol. The molecular formula is C26H31N3O2. The van der Waals surface area contributed by atoms with Gasteiger partial charge in [-0.3, -0.25) is 9.80 Å². The van der Waals surface area contributed by atoms with Crippen LogP contribution in [-0.4, -0.2) is 58.8 Å². The summed E-state index contributed by atoms with van der Waals surface area (Å²) in [5.74, 6) is 1.28. The minimum Gasteiger partial charge on any atom is -0.508 e. The van der Waals surface area contributed by atoms with Crippen LogP contribution in [0.3, 0.4) is 0 Å². The lowest BCUT2D eigenvalue weighted by atomic mass is 9.91. The van der Waals surface area contributed by atoms with E-state index in [0.717, 1.165) is 73.7 Å². The van der Waals surface area contributed by atoms with E-state index < -0.39 is 0 Å². The van der Waals surface area contributed by atoms with Crippen molar-refractivity contribution >= 4 is 0 Å². The second kappa shape index (κ2) is 8.13. The molecule has 0 amide bonds. The van der Waals surface area contributed by atoms with Crippen LogP contribution in [0.15, 0.2) is 59.1 Å². The summed E-state index contributed by atoms with van der Waals surface area (Å²) in [4.78, 5) is 5.16. The Bertz CT molecular complexity index is 1010. The fourth-order valence-corrected chi connectivity index (χ4v) is 4.81. The molecule has 1 aliphatic heterocycles. The summed E-state index contributed by atoms with van der Waals surface area (Å²) in [6, 6.07) is 18.3. The molecule has 1 N–H and O–H groups in total. The van der Waals surface area contributed by atoms with E-state index in [9.17, 15) is 5.11 Å². The maximum absolute atomic E-state index is 9.72. The maximum atomic E-state index is 9.72. The predicted octanol–water partition coefficient (Wildman–Crippen LogP) is 4.77. The van der Waals surface area contributed by atoms with Crippen molar-refractivity contribution in [3.63, 3.8) is 0 Å². The first kappa shape index (κ1) is 20.3. The summed E-state index contributed by atoms with van der Waals surface area (Å²) >= 11 is 0. The van der Waals surface area contributed by atoms with E-state index in [1.807, 2.05) is 18.2 Å². The summed E-state index contributed by atoms with van der Waals surface area (Å²) in [7, 11) is 0. The van der Waals surface area contributed by atoms with E-state index in [-0.39, 0.29) is 11.2 Å². The molecule has 1 saturated heterocycles. The van der Waals surface area contributed by atoms with Gasteiger partial charge in [-0.2, -0.15) is 0 Å². The van der Waals surface area contributed by atoms with E-state index in [2.05, 4.69) is 53.1 Å². The molecule has 5 nitrogen and oxygen atoms in total. The van der Waals surface area contributed by atoms with Crippen molar-refractivity contribution in [2.75, 3.05) is 32.7 Å². The molecule has 31 heavy (non-hydrogen) atoms. The van der Waals surface area contributed by atoms with Crippen molar-refractivity contribution in [1.82, 2.24) is 15.0 Å². The first-order valence-electron chi connectivity index (χ1n) is 11.4. The van der Waals surface area contributed by atoms with Gasteiger partial charge >= 0.3 is 0 Å². The number of piperazine rings is 1. The number of hydrogen-bond donors (Lipinski definition) is 1. The van der Waals surface area contributed by atoms with Gasteiger partial charge in [-0.1, -0.05) is 35.5 Å². The highest BCUT2D eigenvalue weighted by atomic mass is 16.5. The number of benzene rings is 2.